The smallest absolute Gasteiger partial charge is 0.326 e. The van der Waals surface area contributed by atoms with E-state index in [0.29, 0.717) is 18.9 Å². The van der Waals surface area contributed by atoms with Crippen LogP contribution in [0.15, 0.2) is 0 Å². The van der Waals surface area contributed by atoms with Gasteiger partial charge in [-0.05, 0) is 37.5 Å². The minimum Gasteiger partial charge on any atom is -0.480 e. The summed E-state index contributed by atoms with van der Waals surface area (Å²) in [5.41, 5.74) is 0. The second kappa shape index (κ2) is 7.09. The number of amides is 1. The summed E-state index contributed by atoms with van der Waals surface area (Å²) in [6.07, 6.45) is 9.65. The van der Waals surface area contributed by atoms with Gasteiger partial charge in [0.15, 0.2) is 0 Å². The summed E-state index contributed by atoms with van der Waals surface area (Å²) in [5, 5.41) is 9.38. The molecule has 1 amide bonds. The maximum absolute atomic E-state index is 12.5. The molecule has 0 radical (unpaired) electrons. The van der Waals surface area contributed by atoms with E-state index in [1.165, 1.54) is 25.7 Å². The van der Waals surface area contributed by atoms with Crippen molar-refractivity contribution < 1.29 is 14.7 Å². The Morgan fingerprint density at radius 1 is 1.05 bits per heavy atom. The van der Waals surface area contributed by atoms with Gasteiger partial charge in [0.2, 0.25) is 5.91 Å². The molecule has 4 nitrogen and oxygen atoms in total. The topological polar surface area (TPSA) is 57.6 Å². The van der Waals surface area contributed by atoms with Crippen LogP contribution in [0.4, 0.5) is 0 Å². The molecule has 0 aromatic rings. The van der Waals surface area contributed by atoms with E-state index in [4.69, 9.17) is 0 Å². The molecule has 2 aliphatic rings. The third-order valence-electron chi connectivity index (χ3n) is 4.94. The number of carboxylic acid groups (broad SMARTS) is 1. The molecule has 2 atom stereocenters. The van der Waals surface area contributed by atoms with Crippen LogP contribution in [0, 0.1) is 11.8 Å². The zero-order valence-electron chi connectivity index (χ0n) is 12.5. The van der Waals surface area contributed by atoms with Gasteiger partial charge >= 0.3 is 5.97 Å². The van der Waals surface area contributed by atoms with Gasteiger partial charge in [-0.3, -0.25) is 4.79 Å². The Labute approximate surface area is 121 Å². The second-order valence-corrected chi connectivity index (χ2v) is 6.55. The summed E-state index contributed by atoms with van der Waals surface area (Å²) in [5.74, 6) is -0.238. The molecule has 1 aliphatic carbocycles. The minimum atomic E-state index is -0.841. The predicted octanol–water partition coefficient (Wildman–Crippen LogP) is 3.06. The zero-order chi connectivity index (χ0) is 14.5. The molecule has 2 unspecified atom stereocenters. The summed E-state index contributed by atoms with van der Waals surface area (Å²) >= 11 is 0. The Morgan fingerprint density at radius 3 is 2.30 bits per heavy atom. The van der Waals surface area contributed by atoms with Gasteiger partial charge in [-0.1, -0.05) is 32.6 Å². The van der Waals surface area contributed by atoms with E-state index in [1.807, 2.05) is 6.92 Å². The molecular weight excluding hydrogens is 254 g/mol. The maximum Gasteiger partial charge on any atom is 0.326 e. The number of likely N-dealkylation sites (tertiary alicyclic amines) is 1. The van der Waals surface area contributed by atoms with Crippen LogP contribution in [0.2, 0.25) is 0 Å². The number of aliphatic carboxylic acids is 1. The lowest BCUT2D eigenvalue weighted by atomic mass is 9.89. The number of rotatable bonds is 3. The highest BCUT2D eigenvalue weighted by molar-refractivity contribution is 5.84. The van der Waals surface area contributed by atoms with Crippen molar-refractivity contribution in [3.05, 3.63) is 0 Å². The first-order valence-electron chi connectivity index (χ1n) is 8.12. The Morgan fingerprint density at radius 2 is 1.70 bits per heavy atom. The molecule has 0 bridgehead atoms. The largest absolute Gasteiger partial charge is 0.480 e. The van der Waals surface area contributed by atoms with Gasteiger partial charge in [-0.25, -0.2) is 4.79 Å². The fraction of sp³-hybridized carbons (Fsp3) is 0.875. The van der Waals surface area contributed by atoms with Gasteiger partial charge in [-0.2, -0.15) is 0 Å². The first kappa shape index (κ1) is 15.3. The lowest BCUT2D eigenvalue weighted by molar-refractivity contribution is -0.155. The molecule has 1 saturated heterocycles. The number of nitrogens with zero attached hydrogens (tertiary/aromatic N) is 1. The molecule has 1 saturated carbocycles. The molecule has 0 aromatic carbocycles. The van der Waals surface area contributed by atoms with Crippen LogP contribution in [0.25, 0.3) is 0 Å². The average molecular weight is 281 g/mol. The summed E-state index contributed by atoms with van der Waals surface area (Å²) < 4.78 is 0. The van der Waals surface area contributed by atoms with E-state index in [1.54, 1.807) is 4.90 Å². The number of hydrogen-bond acceptors (Lipinski definition) is 2. The average Bonchev–Trinajstić information content (AvgIpc) is 2.66. The maximum atomic E-state index is 12.5. The van der Waals surface area contributed by atoms with Crippen LogP contribution < -0.4 is 0 Å². The Bertz CT molecular complexity index is 348. The van der Waals surface area contributed by atoms with Crippen LogP contribution in [0.3, 0.4) is 0 Å². The van der Waals surface area contributed by atoms with Gasteiger partial charge in [0.05, 0.1) is 0 Å². The van der Waals surface area contributed by atoms with Crippen LogP contribution in [0.5, 0.6) is 0 Å². The van der Waals surface area contributed by atoms with Gasteiger partial charge in [0.1, 0.15) is 6.04 Å². The zero-order valence-corrected chi connectivity index (χ0v) is 12.5. The monoisotopic (exact) mass is 281 g/mol. The van der Waals surface area contributed by atoms with Gasteiger partial charge in [0.25, 0.3) is 0 Å². The molecular formula is C16H27NO3. The molecule has 1 aliphatic heterocycles. The molecule has 114 valence electrons. The van der Waals surface area contributed by atoms with E-state index >= 15 is 0 Å². The second-order valence-electron chi connectivity index (χ2n) is 6.55. The predicted molar refractivity (Wildman–Crippen MR) is 77.3 cm³/mol. The molecule has 1 heterocycles. The van der Waals surface area contributed by atoms with Crippen molar-refractivity contribution in [3.63, 3.8) is 0 Å². The van der Waals surface area contributed by atoms with Crippen LogP contribution in [-0.4, -0.2) is 34.5 Å². The highest BCUT2D eigenvalue weighted by atomic mass is 16.4. The standard InChI is InChI=1S/C16H27NO3/c1-12-7-6-10-17(15(12)16(19)20)14(18)11-13-8-4-2-3-5-9-13/h12-13,15H,2-11H2,1H3,(H,19,20). The molecule has 2 rings (SSSR count). The number of carbonyl (C=O) groups is 2. The lowest BCUT2D eigenvalue weighted by Crippen LogP contribution is -2.52. The Kier molecular flexibility index (Phi) is 5.44. The van der Waals surface area contributed by atoms with E-state index in [9.17, 15) is 14.7 Å². The van der Waals surface area contributed by atoms with E-state index in [0.717, 1.165) is 25.7 Å². The molecule has 0 aromatic heterocycles. The Hall–Kier alpha value is -1.06. The first-order chi connectivity index (χ1) is 9.59. The third kappa shape index (κ3) is 3.74. The normalized spacial score (nSPS) is 28.9. The van der Waals surface area contributed by atoms with Gasteiger partial charge < -0.3 is 10.0 Å². The van der Waals surface area contributed by atoms with E-state index < -0.39 is 12.0 Å². The van der Waals surface area contributed by atoms with Gasteiger partial charge in [-0.15, -0.1) is 0 Å². The van der Waals surface area contributed by atoms with Crippen molar-refractivity contribution in [2.45, 2.75) is 70.8 Å². The molecule has 2 fully saturated rings. The number of carboxylic acids is 1. The Balaban J connectivity index is 1.96. The molecule has 20 heavy (non-hydrogen) atoms. The summed E-state index contributed by atoms with van der Waals surface area (Å²) in [4.78, 5) is 25.6. The van der Waals surface area contributed by atoms with Crippen LogP contribution in [-0.2, 0) is 9.59 Å². The van der Waals surface area contributed by atoms with E-state index in [2.05, 4.69) is 0 Å². The lowest BCUT2D eigenvalue weighted by Gasteiger charge is -2.38. The highest BCUT2D eigenvalue weighted by Crippen LogP contribution is 2.29. The SMILES string of the molecule is CC1CCCN(C(=O)CC2CCCCCC2)C1C(=O)O. The summed E-state index contributed by atoms with van der Waals surface area (Å²) in [7, 11) is 0. The number of hydrogen-bond donors (Lipinski definition) is 1. The fourth-order valence-corrected chi connectivity index (χ4v) is 3.78. The third-order valence-corrected chi connectivity index (χ3v) is 4.94. The number of piperidine rings is 1. The highest BCUT2D eigenvalue weighted by Gasteiger charge is 2.37. The quantitative estimate of drug-likeness (QED) is 0.809. The minimum absolute atomic E-state index is 0.0656. The van der Waals surface area contributed by atoms with Crippen molar-refractivity contribution in [2.24, 2.45) is 11.8 Å². The first-order valence-corrected chi connectivity index (χ1v) is 8.12. The van der Waals surface area contributed by atoms with E-state index in [-0.39, 0.29) is 11.8 Å². The van der Waals surface area contributed by atoms with Crippen LogP contribution in [0.1, 0.15) is 64.7 Å². The molecule has 1 N–H and O–H groups in total. The van der Waals surface area contributed by atoms with Crippen LogP contribution >= 0.6 is 0 Å². The molecule has 0 spiro atoms. The van der Waals surface area contributed by atoms with Crippen molar-refractivity contribution in [1.29, 1.82) is 0 Å². The van der Waals surface area contributed by atoms with Crippen molar-refractivity contribution in [1.82, 2.24) is 4.90 Å². The molecule has 4 heteroatoms. The fourth-order valence-electron chi connectivity index (χ4n) is 3.78. The van der Waals surface area contributed by atoms with Crippen molar-refractivity contribution in [3.8, 4) is 0 Å². The van der Waals surface area contributed by atoms with Crippen molar-refractivity contribution in [2.75, 3.05) is 6.54 Å². The van der Waals surface area contributed by atoms with Crippen molar-refractivity contribution >= 4 is 11.9 Å². The number of carbonyl (C=O) groups excluding carboxylic acids is 1. The summed E-state index contributed by atoms with van der Waals surface area (Å²) in [6.45, 7) is 2.57. The summed E-state index contributed by atoms with van der Waals surface area (Å²) in [6, 6.07) is -0.609. The van der Waals surface area contributed by atoms with Gasteiger partial charge in [0, 0.05) is 13.0 Å².